The van der Waals surface area contributed by atoms with E-state index < -0.39 is 6.10 Å². The van der Waals surface area contributed by atoms with Crippen molar-refractivity contribution < 1.29 is 24.1 Å². The van der Waals surface area contributed by atoms with Crippen molar-refractivity contribution in [2.24, 2.45) is 0 Å². The van der Waals surface area contributed by atoms with E-state index in [0.29, 0.717) is 12.4 Å². The predicted molar refractivity (Wildman–Crippen MR) is 87.9 cm³/mol. The van der Waals surface area contributed by atoms with Crippen LogP contribution in [-0.4, -0.2) is 65.2 Å². The van der Waals surface area contributed by atoms with Crippen molar-refractivity contribution >= 4 is 16.9 Å². The van der Waals surface area contributed by atoms with Crippen LogP contribution in [0.15, 0.2) is 18.2 Å². The van der Waals surface area contributed by atoms with Crippen molar-refractivity contribution in [2.45, 2.75) is 37.9 Å². The highest BCUT2D eigenvalue weighted by Gasteiger charge is 2.47. The summed E-state index contributed by atoms with van der Waals surface area (Å²) in [7, 11) is 0. The Hall–Kier alpha value is -2.00. The van der Waals surface area contributed by atoms with Gasteiger partial charge in [-0.25, -0.2) is 4.98 Å². The molecule has 1 aromatic heterocycles. The number of aryl methyl sites for hydroxylation is 1. The highest BCUT2D eigenvalue weighted by atomic mass is 16.6. The molecule has 0 radical (unpaired) electrons. The van der Waals surface area contributed by atoms with Gasteiger partial charge in [0, 0.05) is 0 Å². The number of rotatable bonds is 5. The molecule has 2 aromatic rings. The molecule has 0 unspecified atom stereocenters. The lowest BCUT2D eigenvalue weighted by Gasteiger charge is -2.17. The number of nitrogens with zero attached hydrogens (tertiary/aromatic N) is 1. The first-order valence-corrected chi connectivity index (χ1v) is 8.34. The fraction of sp³-hybridized carbons (Fsp3) is 0.529. The number of aromatic nitrogens is 2. The number of carbonyl (C=O) groups excluding carboxylic acids is 1. The van der Waals surface area contributed by atoms with Gasteiger partial charge in [-0.05, 0) is 18.6 Å². The highest BCUT2D eigenvalue weighted by molar-refractivity contribution is 5.78. The van der Waals surface area contributed by atoms with Gasteiger partial charge in [-0.2, -0.15) is 0 Å². The molecule has 2 saturated heterocycles. The third-order valence-electron chi connectivity index (χ3n) is 4.61. The summed E-state index contributed by atoms with van der Waals surface area (Å²) in [5.41, 5.74) is 2.96. The quantitative estimate of drug-likeness (QED) is 0.705. The molecule has 8 heteroatoms. The Morgan fingerprint density at radius 1 is 1.40 bits per heavy atom. The summed E-state index contributed by atoms with van der Waals surface area (Å²) in [5.74, 6) is 0.440. The first-order chi connectivity index (χ1) is 12.1. The minimum Gasteiger partial charge on any atom is -0.388 e. The number of amides is 1. The molecule has 1 amide bonds. The van der Waals surface area contributed by atoms with Crippen molar-refractivity contribution in [3.05, 3.63) is 29.6 Å². The van der Waals surface area contributed by atoms with Gasteiger partial charge in [-0.3, -0.25) is 4.79 Å². The van der Waals surface area contributed by atoms with Crippen LogP contribution in [0, 0.1) is 6.92 Å². The standard InChI is InChI=1S/C17H21N3O5/c1-9-3-2-4-10-15(9)20-13(18-10)7-23-8-14(22)19-11-5-24-17-12(21)6-25-16(11)17/h2-4,11-12,16-17,21H,5-8H2,1H3,(H,18,20)(H,19,22)/t11-,12+,16+,17+/m0/s1. The normalized spacial score (nSPS) is 28.4. The van der Waals surface area contributed by atoms with Crippen LogP contribution in [0.1, 0.15) is 11.4 Å². The lowest BCUT2D eigenvalue weighted by atomic mass is 10.1. The smallest absolute Gasteiger partial charge is 0.246 e. The number of imidazole rings is 1. The molecule has 4 rings (SSSR count). The van der Waals surface area contributed by atoms with Crippen LogP contribution in [0.25, 0.3) is 11.0 Å². The molecule has 134 valence electrons. The zero-order chi connectivity index (χ0) is 17.4. The fourth-order valence-corrected chi connectivity index (χ4v) is 3.39. The first-order valence-electron chi connectivity index (χ1n) is 8.34. The average Bonchev–Trinajstić information content (AvgIpc) is 3.26. The summed E-state index contributed by atoms with van der Waals surface area (Å²) in [6.07, 6.45) is -1.28. The number of H-pyrrole nitrogens is 1. The molecule has 0 spiro atoms. The molecule has 3 N–H and O–H groups in total. The van der Waals surface area contributed by atoms with E-state index in [0.717, 1.165) is 16.6 Å². The van der Waals surface area contributed by atoms with Crippen molar-refractivity contribution in [3.8, 4) is 0 Å². The van der Waals surface area contributed by atoms with Crippen LogP contribution in [0.5, 0.6) is 0 Å². The van der Waals surface area contributed by atoms with Crippen LogP contribution in [0.4, 0.5) is 0 Å². The molecule has 0 aliphatic carbocycles. The fourth-order valence-electron chi connectivity index (χ4n) is 3.39. The minimum absolute atomic E-state index is 0.0769. The summed E-state index contributed by atoms with van der Waals surface area (Å²) >= 11 is 0. The molecule has 2 aliphatic rings. The SMILES string of the molecule is Cc1cccc2[nH]c(COCC(=O)N[C@H]3CO[C@H]4[C@@H]3OC[C@H]4O)nc12. The zero-order valence-electron chi connectivity index (χ0n) is 13.9. The molecule has 3 heterocycles. The van der Waals surface area contributed by atoms with Gasteiger partial charge >= 0.3 is 0 Å². The monoisotopic (exact) mass is 347 g/mol. The van der Waals surface area contributed by atoms with Gasteiger partial charge in [-0.15, -0.1) is 0 Å². The number of aromatic amines is 1. The van der Waals surface area contributed by atoms with E-state index in [2.05, 4.69) is 15.3 Å². The third-order valence-corrected chi connectivity index (χ3v) is 4.61. The van der Waals surface area contributed by atoms with Gasteiger partial charge in [0.05, 0.1) is 30.3 Å². The molecule has 2 aliphatic heterocycles. The molecule has 25 heavy (non-hydrogen) atoms. The molecule has 1 aromatic carbocycles. The molecule has 0 bridgehead atoms. The van der Waals surface area contributed by atoms with Crippen LogP contribution in [0.3, 0.4) is 0 Å². The van der Waals surface area contributed by atoms with E-state index in [-0.39, 0.29) is 44.0 Å². The van der Waals surface area contributed by atoms with Crippen molar-refractivity contribution in [1.82, 2.24) is 15.3 Å². The number of nitrogens with one attached hydrogen (secondary N) is 2. The van der Waals surface area contributed by atoms with Crippen LogP contribution in [-0.2, 0) is 25.6 Å². The second kappa shape index (κ2) is 6.72. The van der Waals surface area contributed by atoms with Crippen LogP contribution in [0.2, 0.25) is 0 Å². The molecule has 8 nitrogen and oxygen atoms in total. The van der Waals surface area contributed by atoms with Gasteiger partial charge in [0.15, 0.2) is 0 Å². The van der Waals surface area contributed by atoms with E-state index >= 15 is 0 Å². The lowest BCUT2D eigenvalue weighted by molar-refractivity contribution is -0.127. The molecule has 0 saturated carbocycles. The van der Waals surface area contributed by atoms with Gasteiger partial charge < -0.3 is 29.6 Å². The second-order valence-corrected chi connectivity index (χ2v) is 6.48. The maximum atomic E-state index is 12.0. The molecule has 4 atom stereocenters. The molecule has 2 fully saturated rings. The molecular formula is C17H21N3O5. The van der Waals surface area contributed by atoms with Crippen molar-refractivity contribution in [2.75, 3.05) is 19.8 Å². The van der Waals surface area contributed by atoms with Crippen molar-refractivity contribution in [3.63, 3.8) is 0 Å². The number of aliphatic hydroxyl groups excluding tert-OH is 1. The number of aliphatic hydroxyl groups is 1. The van der Waals surface area contributed by atoms with E-state index in [1.165, 1.54) is 0 Å². The highest BCUT2D eigenvalue weighted by Crippen LogP contribution is 2.26. The number of hydrogen-bond acceptors (Lipinski definition) is 6. The van der Waals surface area contributed by atoms with Gasteiger partial charge in [0.1, 0.15) is 37.4 Å². The Bertz CT molecular complexity index is 777. The van der Waals surface area contributed by atoms with E-state index in [1.807, 2.05) is 25.1 Å². The van der Waals surface area contributed by atoms with Crippen molar-refractivity contribution in [1.29, 1.82) is 0 Å². The summed E-state index contributed by atoms with van der Waals surface area (Å²) < 4.78 is 16.4. The Balaban J connectivity index is 1.27. The molecular weight excluding hydrogens is 326 g/mol. The Morgan fingerprint density at radius 2 is 2.24 bits per heavy atom. The predicted octanol–water partition coefficient (Wildman–Crippen LogP) is 0.0312. The van der Waals surface area contributed by atoms with E-state index in [4.69, 9.17) is 14.2 Å². The summed E-state index contributed by atoms with van der Waals surface area (Å²) in [6, 6.07) is 5.66. The first kappa shape index (κ1) is 16.5. The maximum Gasteiger partial charge on any atom is 0.246 e. The van der Waals surface area contributed by atoms with Gasteiger partial charge in [0.25, 0.3) is 0 Å². The van der Waals surface area contributed by atoms with Crippen LogP contribution >= 0.6 is 0 Å². The summed E-state index contributed by atoms with van der Waals surface area (Å²) in [6.45, 7) is 2.72. The summed E-state index contributed by atoms with van der Waals surface area (Å²) in [5, 5.41) is 12.5. The number of carbonyl (C=O) groups is 1. The van der Waals surface area contributed by atoms with Crippen LogP contribution < -0.4 is 5.32 Å². The number of ether oxygens (including phenoxy) is 3. The average molecular weight is 347 g/mol. The largest absolute Gasteiger partial charge is 0.388 e. The van der Waals surface area contributed by atoms with Gasteiger partial charge in [-0.1, -0.05) is 12.1 Å². The number of hydrogen-bond donors (Lipinski definition) is 3. The lowest BCUT2D eigenvalue weighted by Crippen LogP contribution is -2.45. The van der Waals surface area contributed by atoms with E-state index in [9.17, 15) is 9.90 Å². The Kier molecular flexibility index (Phi) is 4.43. The number of benzene rings is 1. The topological polar surface area (TPSA) is 106 Å². The maximum absolute atomic E-state index is 12.0. The zero-order valence-corrected chi connectivity index (χ0v) is 13.9. The summed E-state index contributed by atoms with van der Waals surface area (Å²) in [4.78, 5) is 19.7. The second-order valence-electron chi connectivity index (χ2n) is 6.48. The third kappa shape index (κ3) is 3.25. The van der Waals surface area contributed by atoms with E-state index in [1.54, 1.807) is 0 Å². The Morgan fingerprint density at radius 3 is 3.08 bits per heavy atom. The number of fused-ring (bicyclic) bond motifs is 2. The minimum atomic E-state index is -0.625. The number of para-hydroxylation sites is 1. The Labute approximate surface area is 144 Å². The van der Waals surface area contributed by atoms with Gasteiger partial charge in [0.2, 0.25) is 5.91 Å².